The molecule has 1 aromatic heterocycles. The van der Waals surface area contributed by atoms with Gasteiger partial charge in [-0.2, -0.15) is 0 Å². The summed E-state index contributed by atoms with van der Waals surface area (Å²) in [6.45, 7) is 0.275. The number of aromatic nitrogens is 1. The van der Waals surface area contributed by atoms with Crippen molar-refractivity contribution in [2.75, 3.05) is 20.7 Å². The third-order valence-electron chi connectivity index (χ3n) is 5.52. The maximum atomic E-state index is 13.4. The predicted molar refractivity (Wildman–Crippen MR) is 116 cm³/mol. The van der Waals surface area contributed by atoms with E-state index in [9.17, 15) is 4.79 Å². The van der Waals surface area contributed by atoms with Crippen molar-refractivity contribution in [1.82, 2.24) is 4.57 Å². The second-order valence-electron chi connectivity index (χ2n) is 6.93. The van der Waals surface area contributed by atoms with Crippen LogP contribution in [-0.4, -0.2) is 25.3 Å². The highest BCUT2D eigenvalue weighted by atomic mass is 127. The topological polar surface area (TPSA) is 68.2 Å². The maximum Gasteiger partial charge on any atom is 0.262 e. The Morgan fingerprint density at radius 1 is 0.897 bits per heavy atom. The molecule has 2 aliphatic heterocycles. The van der Waals surface area contributed by atoms with Crippen molar-refractivity contribution in [1.29, 1.82) is 0 Å². The van der Waals surface area contributed by atoms with Crippen molar-refractivity contribution in [3.8, 4) is 28.7 Å². The summed E-state index contributed by atoms with van der Waals surface area (Å²) in [7, 11) is 3.35. The number of benzene rings is 3. The average Bonchev–Trinajstić information content (AvgIpc) is 3.37. The van der Waals surface area contributed by atoms with Crippen molar-refractivity contribution in [2.45, 2.75) is 0 Å². The molecule has 0 saturated heterocycles. The fourth-order valence-corrected chi connectivity index (χ4v) is 4.98. The Kier molecular flexibility index (Phi) is 3.41. The van der Waals surface area contributed by atoms with E-state index in [0.29, 0.717) is 39.5 Å². The first-order valence-electron chi connectivity index (χ1n) is 8.93. The van der Waals surface area contributed by atoms with Crippen LogP contribution < -0.4 is 29.2 Å². The van der Waals surface area contributed by atoms with E-state index < -0.39 is 0 Å². The number of fused-ring (bicyclic) bond motifs is 8. The minimum absolute atomic E-state index is 0.0809. The number of pyridine rings is 1. The highest BCUT2D eigenvalue weighted by Crippen LogP contribution is 2.47. The zero-order valence-corrected chi connectivity index (χ0v) is 17.7. The lowest BCUT2D eigenvalue weighted by Crippen LogP contribution is -2.18. The summed E-state index contributed by atoms with van der Waals surface area (Å²) >= 11 is 2.30. The molecule has 0 aliphatic carbocycles. The van der Waals surface area contributed by atoms with Crippen molar-refractivity contribution < 1.29 is 23.7 Å². The van der Waals surface area contributed by atoms with Gasteiger partial charge in [0.15, 0.2) is 23.0 Å². The summed E-state index contributed by atoms with van der Waals surface area (Å²) in [6, 6.07) is 7.74. The van der Waals surface area contributed by atoms with Crippen LogP contribution in [0, 0.1) is 3.57 Å². The molecule has 0 saturated carbocycles. The Hall–Kier alpha value is -2.88. The normalized spacial score (nSPS) is 14.3. The van der Waals surface area contributed by atoms with Gasteiger partial charge in [0.25, 0.3) is 5.56 Å². The molecule has 6 rings (SSSR count). The van der Waals surface area contributed by atoms with Gasteiger partial charge in [-0.1, -0.05) is 0 Å². The molecule has 0 atom stereocenters. The first kappa shape index (κ1) is 17.0. The quantitative estimate of drug-likeness (QED) is 0.290. The van der Waals surface area contributed by atoms with Gasteiger partial charge in [-0.25, -0.2) is 0 Å². The lowest BCUT2D eigenvalue weighted by molar-refractivity contribution is 0.174. The fraction of sp³-hybridized carbons (Fsp3) is 0.190. The van der Waals surface area contributed by atoms with E-state index in [2.05, 4.69) is 28.7 Å². The molecule has 0 spiro atoms. The Bertz CT molecular complexity index is 1440. The molecule has 0 N–H and O–H groups in total. The third-order valence-corrected chi connectivity index (χ3v) is 6.41. The molecule has 4 aromatic rings. The van der Waals surface area contributed by atoms with E-state index in [-0.39, 0.29) is 19.1 Å². The van der Waals surface area contributed by atoms with Gasteiger partial charge in [0.05, 0.1) is 18.0 Å². The summed E-state index contributed by atoms with van der Waals surface area (Å²) in [4.78, 5) is 13.4. The highest BCUT2D eigenvalue weighted by molar-refractivity contribution is 14.1. The van der Waals surface area contributed by atoms with Crippen LogP contribution in [0.2, 0.25) is 0 Å². The molecule has 0 bridgehead atoms. The highest BCUT2D eigenvalue weighted by Gasteiger charge is 2.27. The molecule has 0 unspecified atom stereocenters. The monoisotopic (exact) mass is 503 g/mol. The molecular weight excluding hydrogens is 489 g/mol. The van der Waals surface area contributed by atoms with Crippen LogP contribution in [0.15, 0.2) is 29.1 Å². The van der Waals surface area contributed by atoms with Gasteiger partial charge in [-0.15, -0.1) is 0 Å². The molecule has 0 fully saturated rings. The molecule has 29 heavy (non-hydrogen) atoms. The molecule has 0 radical (unpaired) electrons. The maximum absolute atomic E-state index is 13.4. The standard InChI is InChI=1S/C21H14INO6/c1-23-19-10-5-14-13(26-7-27-14)4-9(10)12(22)3-11(19)17-15(25-2)6-16-20(29-8-28-16)18(17)21(23)24/h3-6H,7-8H2,1-2H3. The largest absolute Gasteiger partial charge is 0.496 e. The molecule has 3 heterocycles. The van der Waals surface area contributed by atoms with E-state index in [4.69, 9.17) is 23.7 Å². The van der Waals surface area contributed by atoms with Crippen LogP contribution in [0.5, 0.6) is 28.7 Å². The van der Waals surface area contributed by atoms with Gasteiger partial charge in [0.2, 0.25) is 13.6 Å². The zero-order chi connectivity index (χ0) is 19.9. The molecular formula is C21H14INO6. The summed E-state index contributed by atoms with van der Waals surface area (Å²) in [5.41, 5.74) is 0.627. The number of hydrogen-bond acceptors (Lipinski definition) is 6. The molecule has 146 valence electrons. The zero-order valence-electron chi connectivity index (χ0n) is 15.5. The summed E-state index contributed by atoms with van der Waals surface area (Å²) in [5.74, 6) is 2.93. The van der Waals surface area contributed by atoms with Crippen LogP contribution in [0.4, 0.5) is 0 Å². The number of aryl methyl sites for hydroxylation is 1. The van der Waals surface area contributed by atoms with E-state index in [1.54, 1.807) is 24.8 Å². The van der Waals surface area contributed by atoms with Gasteiger partial charge in [0, 0.05) is 38.2 Å². The van der Waals surface area contributed by atoms with Crippen molar-refractivity contribution >= 4 is 55.0 Å². The first-order chi connectivity index (χ1) is 14.1. The van der Waals surface area contributed by atoms with Gasteiger partial charge in [-0.3, -0.25) is 4.79 Å². The van der Waals surface area contributed by atoms with E-state index in [1.165, 1.54) is 0 Å². The summed E-state index contributed by atoms with van der Waals surface area (Å²) < 4.78 is 30.6. The van der Waals surface area contributed by atoms with Crippen LogP contribution in [0.1, 0.15) is 0 Å². The predicted octanol–water partition coefficient (Wildman–Crippen LogP) is 3.92. The molecule has 8 heteroatoms. The van der Waals surface area contributed by atoms with E-state index >= 15 is 0 Å². The van der Waals surface area contributed by atoms with Crippen LogP contribution >= 0.6 is 22.6 Å². The summed E-state index contributed by atoms with van der Waals surface area (Å²) in [5, 5.41) is 3.98. The smallest absolute Gasteiger partial charge is 0.262 e. The van der Waals surface area contributed by atoms with Gasteiger partial charge in [-0.05, 0) is 40.8 Å². The van der Waals surface area contributed by atoms with Gasteiger partial charge in [0.1, 0.15) is 5.75 Å². The number of methoxy groups -OCH3 is 1. The third kappa shape index (κ3) is 2.14. The minimum atomic E-state index is -0.173. The number of rotatable bonds is 1. The number of halogens is 1. The molecule has 3 aromatic carbocycles. The Balaban J connectivity index is 1.90. The molecule has 2 aliphatic rings. The Morgan fingerprint density at radius 3 is 2.34 bits per heavy atom. The van der Waals surface area contributed by atoms with Crippen LogP contribution in [-0.2, 0) is 7.05 Å². The average molecular weight is 503 g/mol. The lowest BCUT2D eigenvalue weighted by Gasteiger charge is -2.16. The van der Waals surface area contributed by atoms with E-state index in [1.807, 2.05) is 12.1 Å². The second-order valence-corrected chi connectivity index (χ2v) is 8.09. The van der Waals surface area contributed by atoms with E-state index in [0.717, 1.165) is 25.2 Å². The molecule has 0 amide bonds. The lowest BCUT2D eigenvalue weighted by atomic mass is 9.99. The van der Waals surface area contributed by atoms with Crippen molar-refractivity contribution in [3.63, 3.8) is 0 Å². The number of ether oxygens (including phenoxy) is 5. The Morgan fingerprint density at radius 2 is 1.59 bits per heavy atom. The molecule has 7 nitrogen and oxygen atoms in total. The van der Waals surface area contributed by atoms with Gasteiger partial charge < -0.3 is 28.3 Å². The Labute approximate surface area is 177 Å². The van der Waals surface area contributed by atoms with Crippen molar-refractivity contribution in [3.05, 3.63) is 38.2 Å². The van der Waals surface area contributed by atoms with Crippen LogP contribution in [0.25, 0.3) is 32.4 Å². The number of nitrogens with zero attached hydrogens (tertiary/aromatic N) is 1. The van der Waals surface area contributed by atoms with Crippen LogP contribution in [0.3, 0.4) is 0 Å². The van der Waals surface area contributed by atoms with Crippen molar-refractivity contribution in [2.24, 2.45) is 7.05 Å². The number of hydrogen-bond donors (Lipinski definition) is 0. The fourth-order valence-electron chi connectivity index (χ4n) is 4.23. The SMILES string of the molecule is COc1cc2c(c3c(=O)n(C)c4c5cc6c(cc5c(I)cc4c13)OCO6)OCO2. The minimum Gasteiger partial charge on any atom is -0.496 e. The first-order valence-corrected chi connectivity index (χ1v) is 10.0. The second kappa shape index (κ2) is 5.82. The van der Waals surface area contributed by atoms with Gasteiger partial charge >= 0.3 is 0 Å². The summed E-state index contributed by atoms with van der Waals surface area (Å²) in [6.07, 6.45) is 0.